The summed E-state index contributed by atoms with van der Waals surface area (Å²) in [6, 6.07) is 11.7. The van der Waals surface area contributed by atoms with Gasteiger partial charge in [-0.25, -0.2) is 0 Å². The van der Waals surface area contributed by atoms with E-state index in [4.69, 9.17) is 34.8 Å². The molecule has 0 unspecified atom stereocenters. The normalized spacial score (nSPS) is 11.7. The molecule has 0 fully saturated rings. The van der Waals surface area contributed by atoms with Gasteiger partial charge in [0, 0.05) is 18.6 Å². The first-order valence-electron chi connectivity index (χ1n) is 8.55. The first kappa shape index (κ1) is 21.5. The zero-order valence-corrected chi connectivity index (χ0v) is 17.4. The third-order valence-corrected chi connectivity index (χ3v) is 5.23. The number of halogens is 3. The second-order valence-corrected chi connectivity index (χ2v) is 7.36. The molecule has 1 atom stereocenters. The third kappa shape index (κ3) is 5.86. The molecule has 2 rings (SSSR count). The van der Waals surface area contributed by atoms with Crippen LogP contribution in [0.2, 0.25) is 15.1 Å². The van der Waals surface area contributed by atoms with Crippen LogP contribution in [0.5, 0.6) is 0 Å². The van der Waals surface area contributed by atoms with Gasteiger partial charge in [-0.05, 0) is 41.8 Å². The second-order valence-electron chi connectivity index (χ2n) is 6.11. The zero-order chi connectivity index (χ0) is 20.0. The van der Waals surface area contributed by atoms with Gasteiger partial charge in [0.15, 0.2) is 0 Å². The van der Waals surface area contributed by atoms with Crippen molar-refractivity contribution in [1.29, 1.82) is 0 Å². The van der Waals surface area contributed by atoms with E-state index in [1.54, 1.807) is 54.4 Å². The first-order chi connectivity index (χ1) is 12.8. The smallest absolute Gasteiger partial charge is 0.242 e. The van der Waals surface area contributed by atoms with Crippen LogP contribution in [0.15, 0.2) is 42.5 Å². The maximum absolute atomic E-state index is 13.0. The number of rotatable bonds is 7. The SMILES string of the molecule is CC[C@H](C(=O)NC)N(Cc1ccc(Cl)c(Cl)c1)C(=O)Cc1ccc(Cl)cc1. The highest BCUT2D eigenvalue weighted by Gasteiger charge is 2.28. The predicted octanol–water partition coefficient (Wildman–Crippen LogP) is 4.74. The molecule has 2 amide bonds. The molecule has 1 N–H and O–H groups in total. The maximum Gasteiger partial charge on any atom is 0.242 e. The van der Waals surface area contributed by atoms with Gasteiger partial charge in [0.2, 0.25) is 11.8 Å². The number of likely N-dealkylation sites (N-methyl/N-ethyl adjacent to an activating group) is 1. The lowest BCUT2D eigenvalue weighted by Gasteiger charge is -2.30. The Hall–Kier alpha value is -1.75. The van der Waals surface area contributed by atoms with Gasteiger partial charge in [-0.1, -0.05) is 59.9 Å². The van der Waals surface area contributed by atoms with Gasteiger partial charge in [-0.15, -0.1) is 0 Å². The van der Waals surface area contributed by atoms with Crippen molar-refractivity contribution in [2.45, 2.75) is 32.4 Å². The van der Waals surface area contributed by atoms with Crippen LogP contribution in [-0.2, 0) is 22.6 Å². The molecule has 0 radical (unpaired) electrons. The van der Waals surface area contributed by atoms with Gasteiger partial charge in [0.05, 0.1) is 16.5 Å². The Morgan fingerprint density at radius 3 is 2.19 bits per heavy atom. The molecule has 2 aromatic carbocycles. The summed E-state index contributed by atoms with van der Waals surface area (Å²) in [6.07, 6.45) is 0.666. The first-order valence-corrected chi connectivity index (χ1v) is 9.68. The third-order valence-electron chi connectivity index (χ3n) is 4.24. The zero-order valence-electron chi connectivity index (χ0n) is 15.1. The molecule has 27 heavy (non-hydrogen) atoms. The van der Waals surface area contributed by atoms with E-state index in [9.17, 15) is 9.59 Å². The fourth-order valence-corrected chi connectivity index (χ4v) is 3.25. The minimum absolute atomic E-state index is 0.154. The van der Waals surface area contributed by atoms with Crippen LogP contribution in [0.1, 0.15) is 24.5 Å². The van der Waals surface area contributed by atoms with Gasteiger partial charge >= 0.3 is 0 Å². The van der Waals surface area contributed by atoms with Crippen molar-refractivity contribution in [2.24, 2.45) is 0 Å². The quantitative estimate of drug-likeness (QED) is 0.693. The average Bonchev–Trinajstić information content (AvgIpc) is 2.65. The summed E-state index contributed by atoms with van der Waals surface area (Å²) in [5.41, 5.74) is 1.63. The van der Waals surface area contributed by atoms with Crippen LogP contribution in [0.3, 0.4) is 0 Å². The summed E-state index contributed by atoms with van der Waals surface area (Å²) in [6.45, 7) is 2.13. The van der Waals surface area contributed by atoms with Crippen LogP contribution < -0.4 is 5.32 Å². The van der Waals surface area contributed by atoms with E-state index in [2.05, 4.69) is 5.32 Å². The number of benzene rings is 2. The largest absolute Gasteiger partial charge is 0.357 e. The van der Waals surface area contributed by atoms with Crippen molar-refractivity contribution >= 4 is 46.6 Å². The number of nitrogens with zero attached hydrogens (tertiary/aromatic N) is 1. The van der Waals surface area contributed by atoms with E-state index < -0.39 is 6.04 Å². The Morgan fingerprint density at radius 2 is 1.63 bits per heavy atom. The standard InChI is InChI=1S/C20H21Cl3N2O2/c1-3-18(20(27)24-2)25(12-14-6-9-16(22)17(23)10-14)19(26)11-13-4-7-15(21)8-5-13/h4-10,18H,3,11-12H2,1-2H3,(H,24,27)/t18-/m1/s1. The fourth-order valence-electron chi connectivity index (χ4n) is 2.80. The molecule has 0 spiro atoms. The summed E-state index contributed by atoms with van der Waals surface area (Å²) in [5.74, 6) is -0.360. The molecule has 0 aliphatic carbocycles. The predicted molar refractivity (Wildman–Crippen MR) is 110 cm³/mol. The molecule has 0 aliphatic rings. The highest BCUT2D eigenvalue weighted by molar-refractivity contribution is 6.42. The van der Waals surface area contributed by atoms with Crippen molar-refractivity contribution in [3.8, 4) is 0 Å². The molecule has 4 nitrogen and oxygen atoms in total. The van der Waals surface area contributed by atoms with Crippen LogP contribution >= 0.6 is 34.8 Å². The Balaban J connectivity index is 2.29. The van der Waals surface area contributed by atoms with Gasteiger partial charge in [-0.2, -0.15) is 0 Å². The number of carbonyl (C=O) groups is 2. The molecule has 0 heterocycles. The average molecular weight is 428 g/mol. The summed E-state index contributed by atoms with van der Waals surface area (Å²) in [4.78, 5) is 26.9. The van der Waals surface area contributed by atoms with E-state index >= 15 is 0 Å². The van der Waals surface area contributed by atoms with Crippen molar-refractivity contribution in [3.05, 3.63) is 68.7 Å². The lowest BCUT2D eigenvalue weighted by Crippen LogP contribution is -2.48. The van der Waals surface area contributed by atoms with E-state index in [1.165, 1.54) is 0 Å². The molecule has 0 saturated carbocycles. The van der Waals surface area contributed by atoms with Crippen molar-refractivity contribution in [1.82, 2.24) is 10.2 Å². The molecule has 0 aromatic heterocycles. The molecular formula is C20H21Cl3N2O2. The molecular weight excluding hydrogens is 407 g/mol. The van der Waals surface area contributed by atoms with Gasteiger partial charge in [0.25, 0.3) is 0 Å². The van der Waals surface area contributed by atoms with Gasteiger partial charge < -0.3 is 10.2 Å². The topological polar surface area (TPSA) is 49.4 Å². The molecule has 0 bridgehead atoms. The van der Waals surface area contributed by atoms with E-state index in [1.807, 2.05) is 6.92 Å². The Labute approximate surface area is 174 Å². The van der Waals surface area contributed by atoms with E-state index in [-0.39, 0.29) is 24.8 Å². The van der Waals surface area contributed by atoms with Crippen LogP contribution in [-0.4, -0.2) is 29.8 Å². The minimum Gasteiger partial charge on any atom is -0.357 e. The molecule has 7 heteroatoms. The maximum atomic E-state index is 13.0. The van der Waals surface area contributed by atoms with Crippen LogP contribution in [0.25, 0.3) is 0 Å². The summed E-state index contributed by atoms with van der Waals surface area (Å²) in [7, 11) is 1.56. The number of nitrogens with one attached hydrogen (secondary N) is 1. The fraction of sp³-hybridized carbons (Fsp3) is 0.300. The van der Waals surface area contributed by atoms with Crippen LogP contribution in [0, 0.1) is 0 Å². The number of carbonyl (C=O) groups excluding carboxylic acids is 2. The summed E-state index contributed by atoms with van der Waals surface area (Å²) in [5, 5.41) is 4.09. The molecule has 2 aromatic rings. The molecule has 144 valence electrons. The van der Waals surface area contributed by atoms with Crippen molar-refractivity contribution in [2.75, 3.05) is 7.05 Å². The number of amides is 2. The van der Waals surface area contributed by atoms with E-state index in [0.717, 1.165) is 11.1 Å². The van der Waals surface area contributed by atoms with Crippen LogP contribution in [0.4, 0.5) is 0 Å². The number of hydrogen-bond donors (Lipinski definition) is 1. The van der Waals surface area contributed by atoms with Crippen molar-refractivity contribution < 1.29 is 9.59 Å². The van der Waals surface area contributed by atoms with Crippen molar-refractivity contribution in [3.63, 3.8) is 0 Å². The monoisotopic (exact) mass is 426 g/mol. The van der Waals surface area contributed by atoms with E-state index in [0.29, 0.717) is 21.5 Å². The van der Waals surface area contributed by atoms with Gasteiger partial charge in [-0.3, -0.25) is 9.59 Å². The Morgan fingerprint density at radius 1 is 1.00 bits per heavy atom. The summed E-state index contributed by atoms with van der Waals surface area (Å²) >= 11 is 18.0. The minimum atomic E-state index is -0.579. The molecule has 0 aliphatic heterocycles. The lowest BCUT2D eigenvalue weighted by molar-refractivity contribution is -0.140. The number of hydrogen-bond acceptors (Lipinski definition) is 2. The Bertz CT molecular complexity index is 809. The Kier molecular flexibility index (Phi) is 7.96. The highest BCUT2D eigenvalue weighted by atomic mass is 35.5. The highest BCUT2D eigenvalue weighted by Crippen LogP contribution is 2.24. The van der Waals surface area contributed by atoms with Gasteiger partial charge in [0.1, 0.15) is 6.04 Å². The molecule has 0 saturated heterocycles. The summed E-state index contributed by atoms with van der Waals surface area (Å²) < 4.78 is 0. The lowest BCUT2D eigenvalue weighted by atomic mass is 10.1. The second kappa shape index (κ2) is 9.98.